The second-order valence-corrected chi connectivity index (χ2v) is 6.73. The van der Waals surface area contributed by atoms with Crippen molar-refractivity contribution < 1.29 is 9.18 Å². The third-order valence-corrected chi connectivity index (χ3v) is 4.57. The molecule has 1 heterocycles. The topological polar surface area (TPSA) is 61.6 Å². The molecule has 3 N–H and O–H groups in total. The lowest BCUT2D eigenvalue weighted by Gasteiger charge is -2.36. The molecule has 1 unspecified atom stereocenters. The summed E-state index contributed by atoms with van der Waals surface area (Å²) in [7, 11) is 0. The van der Waals surface area contributed by atoms with E-state index in [4.69, 9.17) is 5.73 Å². The summed E-state index contributed by atoms with van der Waals surface area (Å²) in [5, 5.41) is 2.94. The average molecular weight is 336 g/mol. The highest BCUT2D eigenvalue weighted by Gasteiger charge is 2.26. The van der Waals surface area contributed by atoms with Gasteiger partial charge in [0.15, 0.2) is 0 Å². The van der Waals surface area contributed by atoms with Gasteiger partial charge in [-0.05, 0) is 37.6 Å². The minimum atomic E-state index is -0.782. The first-order chi connectivity index (χ1) is 11.4. The minimum Gasteiger partial charge on any atom is -0.369 e. The largest absolute Gasteiger partial charge is 0.369 e. The van der Waals surface area contributed by atoms with Crippen LogP contribution in [0.4, 0.5) is 10.1 Å². The molecule has 0 spiro atoms. The van der Waals surface area contributed by atoms with Crippen molar-refractivity contribution in [3.8, 4) is 0 Å². The van der Waals surface area contributed by atoms with Crippen molar-refractivity contribution in [3.05, 3.63) is 30.1 Å². The molecule has 5 nitrogen and oxygen atoms in total. The zero-order chi connectivity index (χ0) is 17.6. The Morgan fingerprint density at radius 1 is 1.25 bits per heavy atom. The summed E-state index contributed by atoms with van der Waals surface area (Å²) < 4.78 is 13.0. The fourth-order valence-electron chi connectivity index (χ4n) is 3.04. The van der Waals surface area contributed by atoms with E-state index < -0.39 is 5.54 Å². The molecule has 24 heavy (non-hydrogen) atoms. The third kappa shape index (κ3) is 5.18. The van der Waals surface area contributed by atoms with Gasteiger partial charge in [0.2, 0.25) is 5.91 Å². The van der Waals surface area contributed by atoms with E-state index in [2.05, 4.69) is 15.1 Å². The van der Waals surface area contributed by atoms with E-state index in [1.54, 1.807) is 6.92 Å². The Balaban J connectivity index is 1.70. The first-order valence-corrected chi connectivity index (χ1v) is 8.72. The predicted molar refractivity (Wildman–Crippen MR) is 95.6 cm³/mol. The van der Waals surface area contributed by atoms with Crippen molar-refractivity contribution in [2.75, 3.05) is 44.2 Å². The zero-order valence-corrected chi connectivity index (χ0v) is 14.7. The van der Waals surface area contributed by atoms with Crippen LogP contribution in [-0.4, -0.2) is 55.6 Å². The molecule has 0 radical (unpaired) electrons. The van der Waals surface area contributed by atoms with Crippen LogP contribution in [0.2, 0.25) is 0 Å². The maximum Gasteiger partial charge on any atom is 0.239 e. The van der Waals surface area contributed by atoms with Crippen LogP contribution in [0, 0.1) is 5.82 Å². The number of benzene rings is 1. The van der Waals surface area contributed by atoms with Crippen molar-refractivity contribution in [1.29, 1.82) is 0 Å². The summed E-state index contributed by atoms with van der Waals surface area (Å²) in [6.45, 7) is 8.93. The summed E-state index contributed by atoms with van der Waals surface area (Å²) in [6.07, 6.45) is 1.58. The number of nitrogens with zero attached hydrogens (tertiary/aromatic N) is 2. The molecule has 1 aliphatic rings. The van der Waals surface area contributed by atoms with Gasteiger partial charge in [-0.1, -0.05) is 13.3 Å². The van der Waals surface area contributed by atoms with Crippen molar-refractivity contribution >= 4 is 11.6 Å². The van der Waals surface area contributed by atoms with Crippen molar-refractivity contribution in [3.63, 3.8) is 0 Å². The second-order valence-electron chi connectivity index (χ2n) is 6.73. The van der Waals surface area contributed by atoms with Gasteiger partial charge in [-0.15, -0.1) is 0 Å². The van der Waals surface area contributed by atoms with Crippen LogP contribution in [0.1, 0.15) is 26.7 Å². The SMILES string of the molecule is CCCC(C)(N)C(=O)NCCN1CCN(c2ccc(F)cc2)CC1. The van der Waals surface area contributed by atoms with Gasteiger partial charge in [0.1, 0.15) is 5.82 Å². The molecule has 0 bridgehead atoms. The maximum absolute atomic E-state index is 13.0. The highest BCUT2D eigenvalue weighted by Crippen LogP contribution is 2.16. The molecule has 1 atom stereocenters. The standard InChI is InChI=1S/C18H29FN4O/c1-3-8-18(2,20)17(24)21-9-10-22-11-13-23(14-12-22)16-6-4-15(19)5-7-16/h4-7H,3,8-14,20H2,1-2H3,(H,21,24). The fraction of sp³-hybridized carbons (Fsp3) is 0.611. The summed E-state index contributed by atoms with van der Waals surface area (Å²) in [5.41, 5.74) is 6.30. The van der Waals surface area contributed by atoms with Crippen LogP contribution in [0.15, 0.2) is 24.3 Å². The molecule has 0 aliphatic carbocycles. The van der Waals surface area contributed by atoms with Crippen LogP contribution in [0.3, 0.4) is 0 Å². The highest BCUT2D eigenvalue weighted by atomic mass is 19.1. The Kier molecular flexibility index (Phi) is 6.57. The Hall–Kier alpha value is -1.66. The Labute approximate surface area is 144 Å². The number of halogens is 1. The van der Waals surface area contributed by atoms with Gasteiger partial charge < -0.3 is 16.0 Å². The lowest BCUT2D eigenvalue weighted by Crippen LogP contribution is -2.53. The van der Waals surface area contributed by atoms with E-state index in [-0.39, 0.29) is 11.7 Å². The molecule has 0 aromatic heterocycles. The molecule has 1 saturated heterocycles. The Morgan fingerprint density at radius 2 is 1.88 bits per heavy atom. The van der Waals surface area contributed by atoms with E-state index in [0.717, 1.165) is 44.8 Å². The molecule has 2 rings (SSSR count). The fourth-order valence-corrected chi connectivity index (χ4v) is 3.04. The first kappa shape index (κ1) is 18.7. The van der Waals surface area contributed by atoms with Gasteiger partial charge in [0.25, 0.3) is 0 Å². The number of hydrogen-bond acceptors (Lipinski definition) is 4. The normalized spacial score (nSPS) is 18.2. The summed E-state index contributed by atoms with van der Waals surface area (Å²) in [5.74, 6) is -0.280. The molecule has 1 amide bonds. The molecule has 1 fully saturated rings. The number of anilines is 1. The molecule has 0 saturated carbocycles. The van der Waals surface area contributed by atoms with Gasteiger partial charge in [-0.25, -0.2) is 4.39 Å². The molecular weight excluding hydrogens is 307 g/mol. The van der Waals surface area contributed by atoms with E-state index in [9.17, 15) is 9.18 Å². The van der Waals surface area contributed by atoms with Gasteiger partial charge >= 0.3 is 0 Å². The number of nitrogens with two attached hydrogens (primary N) is 1. The molecule has 1 aromatic rings. The Morgan fingerprint density at radius 3 is 2.46 bits per heavy atom. The van der Waals surface area contributed by atoms with E-state index in [1.807, 2.05) is 19.1 Å². The highest BCUT2D eigenvalue weighted by molar-refractivity contribution is 5.85. The molecular formula is C18H29FN4O. The summed E-state index contributed by atoms with van der Waals surface area (Å²) >= 11 is 0. The lowest BCUT2D eigenvalue weighted by molar-refractivity contribution is -0.126. The van der Waals surface area contributed by atoms with Crippen LogP contribution in [0.5, 0.6) is 0 Å². The second kappa shape index (κ2) is 8.44. The number of hydrogen-bond donors (Lipinski definition) is 2. The van der Waals surface area contributed by atoms with Crippen LogP contribution >= 0.6 is 0 Å². The monoisotopic (exact) mass is 336 g/mol. The zero-order valence-electron chi connectivity index (χ0n) is 14.7. The van der Waals surface area contributed by atoms with Crippen molar-refractivity contribution in [2.45, 2.75) is 32.2 Å². The van der Waals surface area contributed by atoms with Crippen LogP contribution < -0.4 is 16.0 Å². The van der Waals surface area contributed by atoms with E-state index in [1.165, 1.54) is 12.1 Å². The van der Waals surface area contributed by atoms with Crippen molar-refractivity contribution in [1.82, 2.24) is 10.2 Å². The van der Waals surface area contributed by atoms with Gasteiger partial charge in [0.05, 0.1) is 5.54 Å². The first-order valence-electron chi connectivity index (χ1n) is 8.72. The maximum atomic E-state index is 13.0. The van der Waals surface area contributed by atoms with Crippen LogP contribution in [0.25, 0.3) is 0 Å². The van der Waals surface area contributed by atoms with E-state index >= 15 is 0 Å². The number of carbonyl (C=O) groups excluding carboxylic acids is 1. The number of nitrogens with one attached hydrogen (secondary N) is 1. The lowest BCUT2D eigenvalue weighted by atomic mass is 9.96. The average Bonchev–Trinajstić information content (AvgIpc) is 2.56. The van der Waals surface area contributed by atoms with Crippen LogP contribution in [-0.2, 0) is 4.79 Å². The molecule has 1 aliphatic heterocycles. The minimum absolute atomic E-state index is 0.0747. The van der Waals surface area contributed by atoms with Gasteiger partial charge in [0, 0.05) is 45.0 Å². The molecule has 6 heteroatoms. The smallest absolute Gasteiger partial charge is 0.239 e. The van der Waals surface area contributed by atoms with E-state index in [0.29, 0.717) is 13.0 Å². The molecule has 134 valence electrons. The predicted octanol–water partition coefficient (Wildman–Crippen LogP) is 1.58. The van der Waals surface area contributed by atoms with Crippen molar-refractivity contribution in [2.24, 2.45) is 5.73 Å². The summed E-state index contributed by atoms with van der Waals surface area (Å²) in [4.78, 5) is 16.7. The molecule has 1 aromatic carbocycles. The Bertz CT molecular complexity index is 524. The van der Waals surface area contributed by atoms with Gasteiger partial charge in [-0.2, -0.15) is 0 Å². The summed E-state index contributed by atoms with van der Waals surface area (Å²) in [6, 6.07) is 6.64. The number of rotatable bonds is 7. The number of amides is 1. The quantitative estimate of drug-likeness (QED) is 0.794. The number of piperazine rings is 1. The third-order valence-electron chi connectivity index (χ3n) is 4.57. The number of carbonyl (C=O) groups is 1. The van der Waals surface area contributed by atoms with Gasteiger partial charge in [-0.3, -0.25) is 9.69 Å².